The molecule has 0 radical (unpaired) electrons. The van der Waals surface area contributed by atoms with Crippen molar-refractivity contribution in [3.8, 4) is 0 Å². The summed E-state index contributed by atoms with van der Waals surface area (Å²) in [5, 5.41) is 0.630. The second kappa shape index (κ2) is 6.13. The van der Waals surface area contributed by atoms with Crippen LogP contribution in [0.15, 0.2) is 29.3 Å². The van der Waals surface area contributed by atoms with E-state index in [2.05, 4.69) is 24.9 Å². The third-order valence-corrected chi connectivity index (χ3v) is 8.23. The predicted molar refractivity (Wildman–Crippen MR) is 102 cm³/mol. The average Bonchev–Trinajstić information content (AvgIpc) is 3.28. The predicted octanol–water partition coefficient (Wildman–Crippen LogP) is 2.82. The molecule has 2 atom stereocenters. The lowest BCUT2D eigenvalue weighted by atomic mass is 9.99. The molecule has 0 N–H and O–H groups in total. The van der Waals surface area contributed by atoms with E-state index in [0.717, 1.165) is 24.1 Å². The van der Waals surface area contributed by atoms with Crippen molar-refractivity contribution in [2.75, 3.05) is 16.4 Å². The van der Waals surface area contributed by atoms with Crippen LogP contribution >= 0.6 is 11.8 Å². The van der Waals surface area contributed by atoms with Gasteiger partial charge in [-0.1, -0.05) is 43.8 Å². The molecule has 0 aromatic heterocycles. The van der Waals surface area contributed by atoms with Gasteiger partial charge < -0.3 is 4.90 Å². The van der Waals surface area contributed by atoms with Gasteiger partial charge in [-0.15, -0.1) is 0 Å². The molecular formula is C18H22N2O3S2. The molecule has 4 rings (SSSR count). The molecule has 1 amide bonds. The fourth-order valence-electron chi connectivity index (χ4n) is 3.56. The van der Waals surface area contributed by atoms with Crippen LogP contribution in [0.2, 0.25) is 0 Å². The number of hydrogen-bond acceptors (Lipinski definition) is 4. The number of rotatable bonds is 3. The lowest BCUT2D eigenvalue weighted by molar-refractivity contribution is -0.118. The van der Waals surface area contributed by atoms with E-state index in [0.29, 0.717) is 11.1 Å². The summed E-state index contributed by atoms with van der Waals surface area (Å²) in [5.41, 5.74) is 2.14. The van der Waals surface area contributed by atoms with Crippen LogP contribution in [0, 0.1) is 5.92 Å². The molecule has 1 aromatic carbocycles. The molecule has 1 aromatic rings. The van der Waals surface area contributed by atoms with E-state index in [1.54, 1.807) is 0 Å². The highest BCUT2D eigenvalue weighted by atomic mass is 32.2. The Kier molecular flexibility index (Phi) is 4.19. The van der Waals surface area contributed by atoms with E-state index < -0.39 is 9.84 Å². The van der Waals surface area contributed by atoms with Crippen molar-refractivity contribution < 1.29 is 13.2 Å². The van der Waals surface area contributed by atoms with Crippen LogP contribution in [0.1, 0.15) is 38.2 Å². The number of carbonyl (C=O) groups is 1. The molecule has 0 unspecified atom stereocenters. The summed E-state index contributed by atoms with van der Waals surface area (Å²) in [6, 6.07) is 7.91. The van der Waals surface area contributed by atoms with Gasteiger partial charge in [-0.05, 0) is 30.4 Å². The Morgan fingerprint density at radius 3 is 2.64 bits per heavy atom. The molecule has 3 aliphatic rings. The maximum Gasteiger partial charge on any atom is 0.251 e. The van der Waals surface area contributed by atoms with E-state index in [1.807, 2.05) is 23.1 Å². The summed E-state index contributed by atoms with van der Waals surface area (Å²) >= 11 is 1.46. The highest BCUT2D eigenvalue weighted by Gasteiger charge is 2.50. The van der Waals surface area contributed by atoms with Crippen LogP contribution in [0.5, 0.6) is 0 Å². The zero-order chi connectivity index (χ0) is 17.8. The molecule has 2 heterocycles. The minimum Gasteiger partial charge on any atom is -0.315 e. The third kappa shape index (κ3) is 3.24. The summed E-state index contributed by atoms with van der Waals surface area (Å²) < 4.78 is 24.3. The highest BCUT2D eigenvalue weighted by Crippen LogP contribution is 2.43. The maximum absolute atomic E-state index is 12.3. The van der Waals surface area contributed by atoms with Crippen LogP contribution in [-0.4, -0.2) is 42.3 Å². The third-order valence-electron chi connectivity index (χ3n) is 5.02. The first-order chi connectivity index (χ1) is 11.9. The topological polar surface area (TPSA) is 66.8 Å². The number of nitrogens with zero attached hydrogens (tertiary/aromatic N) is 2. The molecule has 3 fully saturated rings. The number of sulfone groups is 1. The number of amidine groups is 1. The molecule has 25 heavy (non-hydrogen) atoms. The summed E-state index contributed by atoms with van der Waals surface area (Å²) in [6.07, 6.45) is 1.84. The summed E-state index contributed by atoms with van der Waals surface area (Å²) in [5.74, 6) is 0.614. The number of anilines is 1. The summed E-state index contributed by atoms with van der Waals surface area (Å²) in [4.78, 5) is 18.7. The van der Waals surface area contributed by atoms with Gasteiger partial charge in [0.1, 0.15) is 0 Å². The molecule has 7 heteroatoms. The Balaban J connectivity index is 1.78. The summed E-state index contributed by atoms with van der Waals surface area (Å²) in [6.45, 7) is 4.24. The lowest BCUT2D eigenvalue weighted by Crippen LogP contribution is -2.38. The van der Waals surface area contributed by atoms with Crippen molar-refractivity contribution in [1.29, 1.82) is 0 Å². The smallest absolute Gasteiger partial charge is 0.251 e. The molecule has 5 nitrogen and oxygen atoms in total. The van der Waals surface area contributed by atoms with Crippen LogP contribution in [0.3, 0.4) is 0 Å². The number of benzene rings is 1. The Morgan fingerprint density at radius 1 is 1.24 bits per heavy atom. The van der Waals surface area contributed by atoms with Crippen LogP contribution in [0.25, 0.3) is 0 Å². The first kappa shape index (κ1) is 17.1. The van der Waals surface area contributed by atoms with Crippen molar-refractivity contribution in [2.45, 2.75) is 43.9 Å². The van der Waals surface area contributed by atoms with Gasteiger partial charge in [0.15, 0.2) is 15.0 Å². The molecule has 2 aliphatic heterocycles. The first-order valence-corrected chi connectivity index (χ1v) is 11.4. The minimum atomic E-state index is -3.04. The van der Waals surface area contributed by atoms with E-state index in [4.69, 9.17) is 0 Å². The first-order valence-electron chi connectivity index (χ1n) is 8.73. The Hall–Kier alpha value is -1.34. The normalized spacial score (nSPS) is 29.4. The zero-order valence-electron chi connectivity index (χ0n) is 14.4. The van der Waals surface area contributed by atoms with E-state index >= 15 is 0 Å². The zero-order valence-corrected chi connectivity index (χ0v) is 16.0. The SMILES string of the molecule is CC(C)c1ccccc1N1C(=NC(=O)C2CC2)S[C@H]2CS(=O)(=O)C[C@H]21. The fraction of sp³-hybridized carbons (Fsp3) is 0.556. The number of carbonyl (C=O) groups excluding carboxylic acids is 1. The van der Waals surface area contributed by atoms with Crippen molar-refractivity contribution >= 4 is 38.4 Å². The van der Waals surface area contributed by atoms with Crippen molar-refractivity contribution in [1.82, 2.24) is 0 Å². The van der Waals surface area contributed by atoms with E-state index in [1.165, 1.54) is 11.8 Å². The van der Waals surface area contributed by atoms with Gasteiger partial charge >= 0.3 is 0 Å². The number of hydrogen-bond donors (Lipinski definition) is 0. The van der Waals surface area contributed by atoms with Gasteiger partial charge in [0.25, 0.3) is 5.91 Å². The number of amides is 1. The number of thioether (sulfide) groups is 1. The molecule has 0 bridgehead atoms. The van der Waals surface area contributed by atoms with Gasteiger partial charge in [-0.3, -0.25) is 4.79 Å². The van der Waals surface area contributed by atoms with Gasteiger partial charge in [0.2, 0.25) is 0 Å². The molecule has 0 spiro atoms. The molecule has 1 saturated carbocycles. The van der Waals surface area contributed by atoms with Crippen LogP contribution in [-0.2, 0) is 14.6 Å². The second-order valence-corrected chi connectivity index (χ2v) is 10.8. The molecule has 1 aliphatic carbocycles. The number of aliphatic imine (C=N–C) groups is 1. The maximum atomic E-state index is 12.3. The van der Waals surface area contributed by atoms with Crippen molar-refractivity contribution in [3.63, 3.8) is 0 Å². The second-order valence-electron chi connectivity index (χ2n) is 7.39. The average molecular weight is 379 g/mol. The minimum absolute atomic E-state index is 0.0454. The number of para-hydroxylation sites is 1. The quantitative estimate of drug-likeness (QED) is 0.809. The van der Waals surface area contributed by atoms with Crippen molar-refractivity contribution in [3.05, 3.63) is 29.8 Å². The van der Waals surface area contributed by atoms with Gasteiger partial charge in [-0.25, -0.2) is 8.42 Å². The monoisotopic (exact) mass is 378 g/mol. The molecule has 134 valence electrons. The van der Waals surface area contributed by atoms with Crippen molar-refractivity contribution in [2.24, 2.45) is 10.9 Å². The number of fused-ring (bicyclic) bond motifs is 1. The Bertz CT molecular complexity index is 844. The van der Waals surface area contributed by atoms with Crippen LogP contribution in [0.4, 0.5) is 5.69 Å². The largest absolute Gasteiger partial charge is 0.315 e. The Labute approximate surface area is 152 Å². The Morgan fingerprint density at radius 2 is 1.96 bits per heavy atom. The van der Waals surface area contributed by atoms with Gasteiger partial charge in [0.05, 0.1) is 17.5 Å². The van der Waals surface area contributed by atoms with E-state index in [-0.39, 0.29) is 34.6 Å². The van der Waals surface area contributed by atoms with E-state index in [9.17, 15) is 13.2 Å². The lowest BCUT2D eigenvalue weighted by Gasteiger charge is -2.28. The van der Waals surface area contributed by atoms with Gasteiger partial charge in [-0.2, -0.15) is 4.99 Å². The summed E-state index contributed by atoms with van der Waals surface area (Å²) in [7, 11) is -3.04. The van der Waals surface area contributed by atoms with Gasteiger partial charge in [0, 0.05) is 16.9 Å². The molecule has 2 saturated heterocycles. The van der Waals surface area contributed by atoms with Crippen LogP contribution < -0.4 is 4.90 Å². The highest BCUT2D eigenvalue weighted by molar-refractivity contribution is 8.16. The standard InChI is InChI=1S/C18H22N2O3S2/c1-11(2)13-5-3-4-6-14(13)20-15-9-25(22,23)10-16(15)24-18(20)19-17(21)12-7-8-12/h3-6,11-12,15-16H,7-10H2,1-2H3/t15-,16+/m1/s1. The molecular weight excluding hydrogens is 356 g/mol. The fourth-order valence-corrected chi connectivity index (χ4v) is 7.47.